The van der Waals surface area contributed by atoms with Gasteiger partial charge >= 0.3 is 0 Å². The van der Waals surface area contributed by atoms with Crippen molar-refractivity contribution in [3.8, 4) is 17.2 Å². The van der Waals surface area contributed by atoms with Crippen LogP contribution in [-0.4, -0.2) is 50.2 Å². The van der Waals surface area contributed by atoms with Crippen molar-refractivity contribution in [2.75, 3.05) is 33.9 Å². The fraction of sp³-hybridized carbons (Fsp3) is 0.308. The van der Waals surface area contributed by atoms with E-state index >= 15 is 0 Å². The monoisotopic (exact) mass is 437 g/mol. The Morgan fingerprint density at radius 3 is 1.81 bits per heavy atom. The van der Waals surface area contributed by atoms with E-state index in [0.29, 0.717) is 19.5 Å². The Balaban J connectivity index is 1.62. The molecule has 3 aromatic carbocycles. The van der Waals surface area contributed by atoms with Crippen LogP contribution in [0.2, 0.25) is 0 Å². The molecule has 0 aliphatic carbocycles. The molecule has 0 amide bonds. The van der Waals surface area contributed by atoms with Crippen LogP contribution >= 0.6 is 0 Å². The van der Waals surface area contributed by atoms with Crippen LogP contribution in [0.4, 0.5) is 0 Å². The van der Waals surface area contributed by atoms with Gasteiger partial charge in [0.25, 0.3) is 0 Å². The highest BCUT2D eigenvalue weighted by Gasteiger charge is 2.31. The van der Waals surface area contributed by atoms with Crippen LogP contribution in [0.15, 0.2) is 78.9 Å². The predicted octanol–water partition coefficient (Wildman–Crippen LogP) is 3.36. The van der Waals surface area contributed by atoms with Crippen molar-refractivity contribution < 1.29 is 24.4 Å². The number of nitrogens with one attached hydrogen (secondary N) is 1. The highest BCUT2D eigenvalue weighted by atomic mass is 16.5. The fourth-order valence-electron chi connectivity index (χ4n) is 3.49. The molecular formula is C26H31NO5. The quantitative estimate of drug-likeness (QED) is 0.377. The van der Waals surface area contributed by atoms with Gasteiger partial charge in [-0.25, -0.2) is 0 Å². The van der Waals surface area contributed by atoms with Crippen LogP contribution in [0.1, 0.15) is 17.5 Å². The molecule has 0 saturated carbocycles. The van der Waals surface area contributed by atoms with Gasteiger partial charge in [-0.15, -0.1) is 0 Å². The van der Waals surface area contributed by atoms with Gasteiger partial charge in [0.05, 0.1) is 14.2 Å². The van der Waals surface area contributed by atoms with Crippen molar-refractivity contribution >= 4 is 0 Å². The number of aliphatic hydroxyl groups is 2. The highest BCUT2D eigenvalue weighted by molar-refractivity contribution is 5.40. The molecule has 0 aliphatic heterocycles. The van der Waals surface area contributed by atoms with E-state index in [1.54, 1.807) is 14.2 Å². The van der Waals surface area contributed by atoms with Gasteiger partial charge in [0.15, 0.2) is 0 Å². The number of methoxy groups -OCH3 is 2. The Morgan fingerprint density at radius 1 is 0.781 bits per heavy atom. The molecule has 6 nitrogen and oxygen atoms in total. The minimum atomic E-state index is -1.21. The lowest BCUT2D eigenvalue weighted by molar-refractivity contribution is 0.0671. The number of rotatable bonds is 12. The molecule has 170 valence electrons. The molecule has 0 spiro atoms. The Kier molecular flexibility index (Phi) is 8.50. The largest absolute Gasteiger partial charge is 0.497 e. The summed E-state index contributed by atoms with van der Waals surface area (Å²) in [5, 5.41) is 25.1. The first-order valence-electron chi connectivity index (χ1n) is 10.6. The van der Waals surface area contributed by atoms with Crippen molar-refractivity contribution in [2.24, 2.45) is 0 Å². The average molecular weight is 438 g/mol. The lowest BCUT2D eigenvalue weighted by atomic mass is 9.83. The van der Waals surface area contributed by atoms with E-state index in [0.717, 1.165) is 28.4 Å². The van der Waals surface area contributed by atoms with Gasteiger partial charge in [0.2, 0.25) is 0 Å². The summed E-state index contributed by atoms with van der Waals surface area (Å²) in [7, 11) is 3.23. The van der Waals surface area contributed by atoms with Crippen molar-refractivity contribution in [1.82, 2.24) is 5.32 Å². The van der Waals surface area contributed by atoms with Crippen LogP contribution in [-0.2, 0) is 5.60 Å². The lowest BCUT2D eigenvalue weighted by Gasteiger charge is -2.30. The number of benzene rings is 3. The topological polar surface area (TPSA) is 80.2 Å². The smallest absolute Gasteiger partial charge is 0.119 e. The van der Waals surface area contributed by atoms with Gasteiger partial charge in [-0.3, -0.25) is 0 Å². The molecule has 3 N–H and O–H groups in total. The number of ether oxygens (including phenoxy) is 3. The second-order valence-electron chi connectivity index (χ2n) is 7.55. The second kappa shape index (κ2) is 11.5. The van der Waals surface area contributed by atoms with Crippen molar-refractivity contribution in [3.63, 3.8) is 0 Å². The second-order valence-corrected chi connectivity index (χ2v) is 7.55. The van der Waals surface area contributed by atoms with E-state index in [1.807, 2.05) is 78.9 Å². The average Bonchev–Trinajstić information content (AvgIpc) is 2.86. The van der Waals surface area contributed by atoms with E-state index in [4.69, 9.17) is 14.2 Å². The third kappa shape index (κ3) is 6.23. The third-order valence-corrected chi connectivity index (χ3v) is 5.36. The zero-order valence-electron chi connectivity index (χ0n) is 18.5. The van der Waals surface area contributed by atoms with E-state index in [2.05, 4.69) is 5.32 Å². The number of hydrogen-bond acceptors (Lipinski definition) is 6. The summed E-state index contributed by atoms with van der Waals surface area (Å²) < 4.78 is 16.1. The summed E-state index contributed by atoms with van der Waals surface area (Å²) in [6, 6.07) is 24.2. The molecule has 0 aromatic heterocycles. The van der Waals surface area contributed by atoms with E-state index < -0.39 is 11.7 Å². The summed E-state index contributed by atoms with van der Waals surface area (Å²) in [5.74, 6) is 2.18. The normalized spacial score (nSPS) is 12.2. The maximum absolute atomic E-state index is 11.7. The zero-order chi connectivity index (χ0) is 22.8. The molecule has 0 radical (unpaired) electrons. The molecule has 0 aliphatic rings. The molecule has 1 atom stereocenters. The van der Waals surface area contributed by atoms with Gasteiger partial charge < -0.3 is 29.7 Å². The standard InChI is InChI=1S/C26H31NO5/c1-30-23-12-8-20(9-13-23)26(29,21-10-14-24(31-2)15-11-21)16-17-27-18-22(28)19-32-25-6-4-3-5-7-25/h3-15,22,27-29H,16-19H2,1-2H3. The Labute approximate surface area is 189 Å². The SMILES string of the molecule is COc1ccc(C(O)(CCNCC(O)COc2ccccc2)c2ccc(OC)cc2)cc1. The van der Waals surface area contributed by atoms with E-state index in [1.165, 1.54) is 0 Å². The van der Waals surface area contributed by atoms with Crippen LogP contribution < -0.4 is 19.5 Å². The van der Waals surface area contributed by atoms with Gasteiger partial charge in [0, 0.05) is 6.54 Å². The fourth-order valence-corrected chi connectivity index (χ4v) is 3.49. The summed E-state index contributed by atoms with van der Waals surface area (Å²) in [6.45, 7) is 1.04. The summed E-state index contributed by atoms with van der Waals surface area (Å²) in [5.41, 5.74) is 0.313. The van der Waals surface area contributed by atoms with E-state index in [9.17, 15) is 10.2 Å². The summed E-state index contributed by atoms with van der Waals surface area (Å²) in [4.78, 5) is 0. The zero-order valence-corrected chi connectivity index (χ0v) is 18.5. The predicted molar refractivity (Wildman–Crippen MR) is 124 cm³/mol. The first-order chi connectivity index (χ1) is 15.5. The molecule has 0 saturated heterocycles. The molecule has 32 heavy (non-hydrogen) atoms. The van der Waals surface area contributed by atoms with Gasteiger partial charge in [-0.2, -0.15) is 0 Å². The van der Waals surface area contributed by atoms with Gasteiger partial charge in [-0.05, 0) is 60.5 Å². The maximum atomic E-state index is 11.7. The molecule has 1 unspecified atom stereocenters. The third-order valence-electron chi connectivity index (χ3n) is 5.36. The maximum Gasteiger partial charge on any atom is 0.119 e. The van der Waals surface area contributed by atoms with E-state index in [-0.39, 0.29) is 6.61 Å². The molecule has 3 rings (SSSR count). The van der Waals surface area contributed by atoms with Gasteiger partial charge in [-0.1, -0.05) is 42.5 Å². The molecule has 0 bridgehead atoms. The first-order valence-corrected chi connectivity index (χ1v) is 10.6. The Bertz CT molecular complexity index is 881. The number of aliphatic hydroxyl groups excluding tert-OH is 1. The first kappa shape index (κ1) is 23.6. The summed E-state index contributed by atoms with van der Waals surface area (Å²) >= 11 is 0. The highest BCUT2D eigenvalue weighted by Crippen LogP contribution is 2.34. The Morgan fingerprint density at radius 2 is 1.31 bits per heavy atom. The number of hydrogen-bond donors (Lipinski definition) is 3. The van der Waals surface area contributed by atoms with Crippen molar-refractivity contribution in [1.29, 1.82) is 0 Å². The molecule has 0 heterocycles. The van der Waals surface area contributed by atoms with Crippen molar-refractivity contribution in [3.05, 3.63) is 90.0 Å². The van der Waals surface area contributed by atoms with Crippen molar-refractivity contribution in [2.45, 2.75) is 18.1 Å². The Hall–Kier alpha value is -3.06. The molecule has 6 heteroatoms. The minimum absolute atomic E-state index is 0.193. The number of para-hydroxylation sites is 1. The van der Waals surface area contributed by atoms with Gasteiger partial charge in [0.1, 0.15) is 35.6 Å². The summed E-state index contributed by atoms with van der Waals surface area (Å²) in [6.07, 6.45) is -0.247. The minimum Gasteiger partial charge on any atom is -0.497 e. The van der Waals surface area contributed by atoms with Crippen LogP contribution in [0.5, 0.6) is 17.2 Å². The van der Waals surface area contributed by atoms with Crippen LogP contribution in [0.3, 0.4) is 0 Å². The lowest BCUT2D eigenvalue weighted by Crippen LogP contribution is -2.36. The molecule has 0 fully saturated rings. The molecular weight excluding hydrogens is 406 g/mol. The van der Waals surface area contributed by atoms with Crippen LogP contribution in [0, 0.1) is 0 Å². The molecule has 3 aromatic rings. The van der Waals surface area contributed by atoms with Crippen LogP contribution in [0.25, 0.3) is 0 Å².